The van der Waals surface area contributed by atoms with Crippen LogP contribution >= 0.6 is 15.9 Å². The van der Waals surface area contributed by atoms with Crippen LogP contribution < -0.4 is 10.1 Å². The summed E-state index contributed by atoms with van der Waals surface area (Å²) < 4.78 is 5.58. The van der Waals surface area contributed by atoms with Crippen molar-refractivity contribution in [3.05, 3.63) is 62.6 Å². The van der Waals surface area contributed by atoms with Gasteiger partial charge in [0.1, 0.15) is 5.75 Å². The molecule has 2 aromatic rings. The van der Waals surface area contributed by atoms with Gasteiger partial charge in [-0.2, -0.15) is 0 Å². The number of methoxy groups -OCH3 is 1. The maximum absolute atomic E-state index is 12.1. The molecule has 7 heteroatoms. The maximum Gasteiger partial charge on any atom is 0.271 e. The quantitative estimate of drug-likeness (QED) is 0.674. The number of rotatable bonds is 4. The average molecular weight is 351 g/mol. The van der Waals surface area contributed by atoms with Crippen LogP contribution in [0.2, 0.25) is 0 Å². The van der Waals surface area contributed by atoms with E-state index in [0.29, 0.717) is 21.5 Å². The van der Waals surface area contributed by atoms with Crippen LogP contribution in [0.5, 0.6) is 5.75 Å². The van der Waals surface area contributed by atoms with Crippen LogP contribution in [-0.2, 0) is 0 Å². The monoisotopic (exact) mass is 350 g/mol. The summed E-state index contributed by atoms with van der Waals surface area (Å²) in [6.07, 6.45) is 0. The van der Waals surface area contributed by atoms with Gasteiger partial charge in [-0.1, -0.05) is 0 Å². The molecule has 0 radical (unpaired) electrons. The van der Waals surface area contributed by atoms with Crippen LogP contribution in [0.4, 0.5) is 11.4 Å². The van der Waals surface area contributed by atoms with Crippen LogP contribution in [0, 0.1) is 10.1 Å². The minimum absolute atomic E-state index is 0.0942. The first-order valence-corrected chi connectivity index (χ1v) is 6.70. The van der Waals surface area contributed by atoms with Gasteiger partial charge in [-0.3, -0.25) is 14.9 Å². The zero-order valence-corrected chi connectivity index (χ0v) is 12.6. The number of hydrogen-bond acceptors (Lipinski definition) is 4. The fourth-order valence-electron chi connectivity index (χ4n) is 1.66. The molecular formula is C14H11BrN2O4. The third-order valence-corrected chi connectivity index (χ3v) is 3.45. The predicted octanol–water partition coefficient (Wildman–Crippen LogP) is 3.62. The lowest BCUT2D eigenvalue weighted by atomic mass is 10.2. The largest absolute Gasteiger partial charge is 0.497 e. The van der Waals surface area contributed by atoms with Gasteiger partial charge in [-0.25, -0.2) is 0 Å². The van der Waals surface area contributed by atoms with Gasteiger partial charge >= 0.3 is 0 Å². The first kappa shape index (κ1) is 15.0. The molecule has 0 fully saturated rings. The smallest absolute Gasteiger partial charge is 0.271 e. The fourth-order valence-corrected chi connectivity index (χ4v) is 2.01. The molecule has 2 aromatic carbocycles. The molecule has 0 aliphatic carbocycles. The Hall–Kier alpha value is -2.41. The number of nitro benzene ring substituents is 1. The Morgan fingerprint density at radius 1 is 1.24 bits per heavy atom. The van der Waals surface area contributed by atoms with Crippen molar-refractivity contribution in [1.82, 2.24) is 0 Å². The predicted molar refractivity (Wildman–Crippen MR) is 81.7 cm³/mol. The SMILES string of the molecule is COc1ccc(C(=O)Nc2cc([N+](=O)[O-])ccc2Br)cc1. The number of anilines is 1. The zero-order valence-electron chi connectivity index (χ0n) is 11.0. The number of nitro groups is 1. The molecule has 0 spiro atoms. The molecule has 0 saturated heterocycles. The summed E-state index contributed by atoms with van der Waals surface area (Å²) in [5, 5.41) is 13.4. The van der Waals surface area contributed by atoms with Gasteiger partial charge in [0.15, 0.2) is 0 Å². The van der Waals surface area contributed by atoms with Crippen LogP contribution in [0.1, 0.15) is 10.4 Å². The Morgan fingerprint density at radius 2 is 1.90 bits per heavy atom. The van der Waals surface area contributed by atoms with E-state index in [4.69, 9.17) is 4.74 Å². The van der Waals surface area contributed by atoms with Crippen molar-refractivity contribution in [2.45, 2.75) is 0 Å². The van der Waals surface area contributed by atoms with Crippen molar-refractivity contribution in [2.24, 2.45) is 0 Å². The number of ether oxygens (including phenoxy) is 1. The van der Waals surface area contributed by atoms with E-state index in [9.17, 15) is 14.9 Å². The highest BCUT2D eigenvalue weighted by Crippen LogP contribution is 2.27. The third-order valence-electron chi connectivity index (χ3n) is 2.76. The molecule has 21 heavy (non-hydrogen) atoms. The summed E-state index contributed by atoms with van der Waals surface area (Å²) >= 11 is 3.25. The van der Waals surface area contributed by atoms with Crippen molar-refractivity contribution in [3.63, 3.8) is 0 Å². The van der Waals surface area contributed by atoms with E-state index in [-0.39, 0.29) is 11.6 Å². The van der Waals surface area contributed by atoms with E-state index in [1.807, 2.05) is 0 Å². The lowest BCUT2D eigenvalue weighted by molar-refractivity contribution is -0.384. The first-order chi connectivity index (χ1) is 10.0. The topological polar surface area (TPSA) is 81.5 Å². The van der Waals surface area contributed by atoms with Gasteiger partial charge < -0.3 is 10.1 Å². The number of halogens is 1. The molecule has 0 atom stereocenters. The van der Waals surface area contributed by atoms with E-state index in [1.54, 1.807) is 24.3 Å². The van der Waals surface area contributed by atoms with E-state index in [0.717, 1.165) is 0 Å². The molecule has 2 rings (SSSR count). The number of carbonyl (C=O) groups is 1. The highest BCUT2D eigenvalue weighted by molar-refractivity contribution is 9.10. The first-order valence-electron chi connectivity index (χ1n) is 5.90. The Labute approximate surface area is 129 Å². The van der Waals surface area contributed by atoms with E-state index >= 15 is 0 Å². The second kappa shape index (κ2) is 6.36. The molecule has 0 unspecified atom stereocenters. The van der Waals surface area contributed by atoms with Gasteiger partial charge in [0.2, 0.25) is 0 Å². The minimum atomic E-state index is -0.518. The molecule has 0 aliphatic heterocycles. The van der Waals surface area contributed by atoms with Crippen LogP contribution in [0.25, 0.3) is 0 Å². The second-order valence-electron chi connectivity index (χ2n) is 4.10. The summed E-state index contributed by atoms with van der Waals surface area (Å²) in [6.45, 7) is 0. The zero-order chi connectivity index (χ0) is 15.4. The summed E-state index contributed by atoms with van der Waals surface area (Å²) in [6, 6.07) is 10.7. The molecule has 0 heterocycles. The second-order valence-corrected chi connectivity index (χ2v) is 4.96. The van der Waals surface area contributed by atoms with Gasteiger partial charge in [-0.15, -0.1) is 0 Å². The standard InChI is InChI=1S/C14H11BrN2O4/c1-21-11-5-2-9(3-6-11)14(18)16-13-8-10(17(19)20)4-7-12(13)15/h2-8H,1H3,(H,16,18). The number of hydrogen-bond donors (Lipinski definition) is 1. The number of nitrogens with one attached hydrogen (secondary N) is 1. The van der Waals surface area contributed by atoms with Crippen LogP contribution in [0.15, 0.2) is 46.9 Å². The summed E-state index contributed by atoms with van der Waals surface area (Å²) in [5.41, 5.74) is 0.669. The van der Waals surface area contributed by atoms with Crippen molar-refractivity contribution < 1.29 is 14.5 Å². The third kappa shape index (κ3) is 3.57. The molecular weight excluding hydrogens is 340 g/mol. The highest BCUT2D eigenvalue weighted by atomic mass is 79.9. The maximum atomic E-state index is 12.1. The molecule has 6 nitrogen and oxygen atoms in total. The van der Waals surface area contributed by atoms with Crippen molar-refractivity contribution in [3.8, 4) is 5.75 Å². The van der Waals surface area contributed by atoms with E-state index < -0.39 is 4.92 Å². The Kier molecular flexibility index (Phi) is 4.54. The normalized spacial score (nSPS) is 10.0. The van der Waals surface area contributed by atoms with Gasteiger partial charge in [-0.05, 0) is 46.3 Å². The molecule has 0 bridgehead atoms. The molecule has 1 amide bonds. The van der Waals surface area contributed by atoms with Crippen molar-refractivity contribution >= 4 is 33.2 Å². The molecule has 108 valence electrons. The number of benzene rings is 2. The molecule has 0 saturated carbocycles. The average Bonchev–Trinajstić information content (AvgIpc) is 2.49. The number of non-ortho nitro benzene ring substituents is 1. The minimum Gasteiger partial charge on any atom is -0.497 e. The Bertz CT molecular complexity index is 686. The molecule has 0 aromatic heterocycles. The Balaban J connectivity index is 2.22. The Morgan fingerprint density at radius 3 is 2.48 bits per heavy atom. The number of carbonyl (C=O) groups excluding carboxylic acids is 1. The molecule has 0 aliphatic rings. The van der Waals surface area contributed by atoms with Gasteiger partial charge in [0.05, 0.1) is 17.7 Å². The van der Waals surface area contributed by atoms with Gasteiger partial charge in [0, 0.05) is 22.2 Å². The summed E-state index contributed by atoms with van der Waals surface area (Å²) in [4.78, 5) is 22.3. The fraction of sp³-hybridized carbons (Fsp3) is 0.0714. The van der Waals surface area contributed by atoms with Crippen LogP contribution in [-0.4, -0.2) is 17.9 Å². The summed E-state index contributed by atoms with van der Waals surface area (Å²) in [5.74, 6) is 0.280. The van der Waals surface area contributed by atoms with Crippen LogP contribution in [0.3, 0.4) is 0 Å². The molecule has 1 N–H and O–H groups in total. The number of nitrogens with zero attached hydrogens (tertiary/aromatic N) is 1. The van der Waals surface area contributed by atoms with Gasteiger partial charge in [0.25, 0.3) is 11.6 Å². The lowest BCUT2D eigenvalue weighted by Crippen LogP contribution is -2.12. The lowest BCUT2D eigenvalue weighted by Gasteiger charge is -2.08. The van der Waals surface area contributed by atoms with Crippen molar-refractivity contribution in [2.75, 3.05) is 12.4 Å². The van der Waals surface area contributed by atoms with Crippen molar-refractivity contribution in [1.29, 1.82) is 0 Å². The highest BCUT2D eigenvalue weighted by Gasteiger charge is 2.13. The van der Waals surface area contributed by atoms with E-state index in [2.05, 4.69) is 21.2 Å². The number of amides is 1. The summed E-state index contributed by atoms with van der Waals surface area (Å²) in [7, 11) is 1.54. The van der Waals surface area contributed by atoms with E-state index in [1.165, 1.54) is 25.3 Å².